The number of ether oxygens (including phenoxy) is 2. The van der Waals surface area contributed by atoms with Gasteiger partial charge in [-0.15, -0.1) is 0 Å². The van der Waals surface area contributed by atoms with Crippen molar-refractivity contribution >= 4 is 9.68 Å². The Kier molecular flexibility index (Phi) is 5.40. The van der Waals surface area contributed by atoms with Crippen molar-refractivity contribution in [3.8, 4) is 0 Å². The summed E-state index contributed by atoms with van der Waals surface area (Å²) in [6.07, 6.45) is -0.218. The van der Waals surface area contributed by atoms with E-state index in [2.05, 4.69) is 11.1 Å². The van der Waals surface area contributed by atoms with E-state index in [1.807, 2.05) is 14.1 Å². The summed E-state index contributed by atoms with van der Waals surface area (Å²) >= 11 is 0. The van der Waals surface area contributed by atoms with Gasteiger partial charge >= 0.3 is 0 Å². The molecule has 0 aliphatic carbocycles. The summed E-state index contributed by atoms with van der Waals surface area (Å²) in [5.41, 5.74) is 0. The zero-order chi connectivity index (χ0) is 8.85. The minimum atomic E-state index is -0.410. The van der Waals surface area contributed by atoms with E-state index < -0.39 is 9.68 Å². The lowest BCUT2D eigenvalue weighted by atomic mass is 10.6. The number of hydrogen-bond acceptors (Lipinski definition) is 3. The molecule has 0 aliphatic heterocycles. The number of methoxy groups -OCH3 is 2. The lowest BCUT2D eigenvalue weighted by Crippen LogP contribution is -2.27. The highest BCUT2D eigenvalue weighted by atomic mass is 28.2. The van der Waals surface area contributed by atoms with Crippen molar-refractivity contribution in [3.05, 3.63) is 11.8 Å². The van der Waals surface area contributed by atoms with Crippen molar-refractivity contribution in [2.24, 2.45) is 0 Å². The van der Waals surface area contributed by atoms with Crippen LogP contribution in [0.3, 0.4) is 0 Å². The van der Waals surface area contributed by atoms with Gasteiger partial charge in [-0.3, -0.25) is 0 Å². The zero-order valence-electron chi connectivity index (χ0n) is 7.76. The lowest BCUT2D eigenvalue weighted by Gasteiger charge is -2.18. The van der Waals surface area contributed by atoms with E-state index in [-0.39, 0.29) is 6.29 Å². The Morgan fingerprint density at radius 2 is 1.82 bits per heavy atom. The van der Waals surface area contributed by atoms with Crippen molar-refractivity contribution < 1.29 is 9.47 Å². The van der Waals surface area contributed by atoms with Crippen LogP contribution in [-0.4, -0.2) is 48.9 Å². The topological polar surface area (TPSA) is 21.7 Å². The fourth-order valence-electron chi connectivity index (χ4n) is 0.910. The first-order valence-corrected chi connectivity index (χ1v) is 4.83. The van der Waals surface area contributed by atoms with E-state index in [0.717, 1.165) is 5.20 Å². The molecule has 0 aliphatic rings. The van der Waals surface area contributed by atoms with Crippen LogP contribution in [0, 0.1) is 0 Å². The Hall–Kier alpha value is -0.163. The molecule has 66 valence electrons. The molecule has 11 heavy (non-hydrogen) atoms. The van der Waals surface area contributed by atoms with Gasteiger partial charge in [0.05, 0.1) is 0 Å². The smallest absolute Gasteiger partial charge is 0.176 e. The molecule has 0 heterocycles. The number of hydrogen-bond donors (Lipinski definition) is 0. The molecule has 0 aromatic carbocycles. The molecule has 0 saturated carbocycles. The summed E-state index contributed by atoms with van der Waals surface area (Å²) in [4.78, 5) is 0. The Morgan fingerprint density at radius 1 is 1.36 bits per heavy atom. The second-order valence-corrected chi connectivity index (χ2v) is 5.19. The molecular formula is C7H17NO2Si. The molecule has 0 bridgehead atoms. The molecule has 0 unspecified atom stereocenters. The largest absolute Gasteiger partial charge is 0.352 e. The average Bonchev–Trinajstić information content (AvgIpc) is 1.88. The zero-order valence-corrected chi connectivity index (χ0v) is 9.17. The summed E-state index contributed by atoms with van der Waals surface area (Å²) in [5.74, 6) is 0. The molecule has 0 aromatic heterocycles. The monoisotopic (exact) mass is 175 g/mol. The van der Waals surface area contributed by atoms with Gasteiger partial charge in [0.2, 0.25) is 0 Å². The summed E-state index contributed by atoms with van der Waals surface area (Å²) in [6, 6.07) is 0. The van der Waals surface area contributed by atoms with Gasteiger partial charge in [-0.1, -0.05) is 6.58 Å². The van der Waals surface area contributed by atoms with Crippen molar-refractivity contribution in [2.45, 2.75) is 6.29 Å². The van der Waals surface area contributed by atoms with Crippen LogP contribution >= 0.6 is 0 Å². The SMILES string of the molecule is C=C([SiH2]N(C)C)C(OC)OC. The Labute approximate surface area is 70.9 Å². The van der Waals surface area contributed by atoms with Crippen LogP contribution < -0.4 is 0 Å². The first kappa shape index (κ1) is 10.8. The summed E-state index contributed by atoms with van der Waals surface area (Å²) in [7, 11) is 6.93. The highest BCUT2D eigenvalue weighted by Gasteiger charge is 2.10. The molecule has 0 spiro atoms. The van der Waals surface area contributed by atoms with Gasteiger partial charge in [-0.25, -0.2) is 0 Å². The standard InChI is InChI=1S/C7H17NO2Si/c1-6(11-8(2)3)7(9-4)10-5/h7H,1,11H2,2-5H3. The highest BCUT2D eigenvalue weighted by molar-refractivity contribution is 6.42. The van der Waals surface area contributed by atoms with Gasteiger partial charge in [0.1, 0.15) is 9.68 Å². The van der Waals surface area contributed by atoms with Crippen LogP contribution in [0.5, 0.6) is 0 Å². The van der Waals surface area contributed by atoms with Gasteiger partial charge in [-0.2, -0.15) is 0 Å². The second-order valence-electron chi connectivity index (χ2n) is 2.70. The van der Waals surface area contributed by atoms with Crippen LogP contribution in [-0.2, 0) is 9.47 Å². The van der Waals surface area contributed by atoms with Gasteiger partial charge in [0.25, 0.3) is 0 Å². The summed E-state index contributed by atoms with van der Waals surface area (Å²) < 4.78 is 12.3. The van der Waals surface area contributed by atoms with Crippen LogP contribution in [0.1, 0.15) is 0 Å². The third kappa shape index (κ3) is 4.31. The first-order valence-electron chi connectivity index (χ1n) is 3.49. The average molecular weight is 175 g/mol. The maximum absolute atomic E-state index is 5.05. The molecule has 0 N–H and O–H groups in total. The number of nitrogens with zero attached hydrogens (tertiary/aromatic N) is 1. The molecule has 3 nitrogen and oxygen atoms in total. The predicted octanol–water partition coefficient (Wildman–Crippen LogP) is -0.236. The minimum absolute atomic E-state index is 0.218. The fraction of sp³-hybridized carbons (Fsp3) is 0.714. The number of rotatable bonds is 5. The van der Waals surface area contributed by atoms with Gasteiger partial charge in [-0.05, 0) is 19.3 Å². The maximum Gasteiger partial charge on any atom is 0.176 e. The summed E-state index contributed by atoms with van der Waals surface area (Å²) in [6.45, 7) is 3.91. The van der Waals surface area contributed by atoms with Gasteiger partial charge in [0, 0.05) is 14.2 Å². The Bertz CT molecular complexity index is 124. The fourth-order valence-corrected chi connectivity index (χ4v) is 2.21. The van der Waals surface area contributed by atoms with Crippen LogP contribution in [0.15, 0.2) is 11.8 Å². The normalized spacial score (nSPS) is 12.2. The minimum Gasteiger partial charge on any atom is -0.352 e. The highest BCUT2D eigenvalue weighted by Crippen LogP contribution is 2.02. The van der Waals surface area contributed by atoms with Crippen LogP contribution in [0.2, 0.25) is 0 Å². The molecule has 0 aromatic rings. The molecule has 0 rings (SSSR count). The van der Waals surface area contributed by atoms with Gasteiger partial charge < -0.3 is 14.0 Å². The van der Waals surface area contributed by atoms with E-state index in [4.69, 9.17) is 9.47 Å². The van der Waals surface area contributed by atoms with Crippen molar-refractivity contribution in [1.82, 2.24) is 4.57 Å². The predicted molar refractivity (Wildman–Crippen MR) is 49.2 cm³/mol. The molecule has 0 saturated heterocycles. The molecule has 4 heteroatoms. The van der Waals surface area contributed by atoms with E-state index >= 15 is 0 Å². The van der Waals surface area contributed by atoms with E-state index in [9.17, 15) is 0 Å². The Morgan fingerprint density at radius 3 is 2.09 bits per heavy atom. The Balaban J connectivity index is 3.79. The molecular weight excluding hydrogens is 158 g/mol. The van der Waals surface area contributed by atoms with E-state index in [1.54, 1.807) is 14.2 Å². The van der Waals surface area contributed by atoms with Crippen molar-refractivity contribution in [3.63, 3.8) is 0 Å². The molecule has 0 radical (unpaired) electrons. The van der Waals surface area contributed by atoms with Crippen molar-refractivity contribution in [2.75, 3.05) is 28.3 Å². The molecule has 0 atom stereocenters. The molecule has 0 amide bonds. The maximum atomic E-state index is 5.05. The quantitative estimate of drug-likeness (QED) is 0.425. The second kappa shape index (κ2) is 5.48. The lowest BCUT2D eigenvalue weighted by molar-refractivity contribution is -0.0702. The van der Waals surface area contributed by atoms with Crippen LogP contribution in [0.25, 0.3) is 0 Å². The summed E-state index contributed by atoms with van der Waals surface area (Å²) in [5, 5.41) is 1.07. The van der Waals surface area contributed by atoms with Crippen LogP contribution in [0.4, 0.5) is 0 Å². The first-order chi connectivity index (χ1) is 5.11. The van der Waals surface area contributed by atoms with Crippen molar-refractivity contribution in [1.29, 1.82) is 0 Å². The van der Waals surface area contributed by atoms with Gasteiger partial charge in [0.15, 0.2) is 6.29 Å². The third-order valence-electron chi connectivity index (χ3n) is 1.28. The van der Waals surface area contributed by atoms with E-state index in [1.165, 1.54) is 0 Å². The molecule has 0 fully saturated rings. The third-order valence-corrected chi connectivity index (χ3v) is 2.65. The van der Waals surface area contributed by atoms with E-state index in [0.29, 0.717) is 0 Å².